The number of benzene rings is 1. The molecule has 0 radical (unpaired) electrons. The van der Waals surface area contributed by atoms with Gasteiger partial charge in [0.05, 0.1) is 12.6 Å². The maximum Gasteiger partial charge on any atom is 0.262 e. The number of nitrogens with one attached hydrogen (secondary N) is 3. The number of alkyl halides is 2. The average Bonchev–Trinajstić information content (AvgIpc) is 2.92. The summed E-state index contributed by atoms with van der Waals surface area (Å²) in [5.41, 5.74) is 1.44. The molecule has 1 aliphatic heterocycles. The van der Waals surface area contributed by atoms with Gasteiger partial charge in [-0.25, -0.2) is 8.78 Å². The van der Waals surface area contributed by atoms with Crippen molar-refractivity contribution in [2.24, 2.45) is 5.92 Å². The van der Waals surface area contributed by atoms with Gasteiger partial charge in [-0.15, -0.1) is 0 Å². The van der Waals surface area contributed by atoms with Gasteiger partial charge >= 0.3 is 0 Å². The summed E-state index contributed by atoms with van der Waals surface area (Å²) in [6.45, 7) is 3.54. The van der Waals surface area contributed by atoms with Gasteiger partial charge in [-0.3, -0.25) is 14.9 Å². The summed E-state index contributed by atoms with van der Waals surface area (Å²) < 4.78 is 26.2. The molecule has 5 nitrogen and oxygen atoms in total. The Balaban J connectivity index is 1.88. The Bertz CT molecular complexity index is 607. The first-order valence-electron chi connectivity index (χ1n) is 8.09. The number of anilines is 1. The summed E-state index contributed by atoms with van der Waals surface area (Å²) in [6, 6.07) is 6.24. The van der Waals surface area contributed by atoms with Gasteiger partial charge in [-0.2, -0.15) is 0 Å². The standard InChI is InChI=1S/C17H23F2N3O2/c1-3-11(2)15(23)22-13-6-4-5-12(7-13)9-20-16(24)14-8-17(18,19)10-21-14/h4-7,11,14,21H,3,8-10H2,1-2H3,(H,20,24)(H,22,23). The molecule has 0 aromatic heterocycles. The minimum absolute atomic E-state index is 0.0592. The lowest BCUT2D eigenvalue weighted by molar-refractivity contribution is -0.123. The molecule has 7 heteroatoms. The number of hydrogen-bond donors (Lipinski definition) is 3. The maximum absolute atomic E-state index is 13.1. The average molecular weight is 339 g/mol. The van der Waals surface area contributed by atoms with E-state index in [1.54, 1.807) is 24.3 Å². The molecule has 1 heterocycles. The second-order valence-corrected chi connectivity index (χ2v) is 6.21. The molecule has 24 heavy (non-hydrogen) atoms. The second-order valence-electron chi connectivity index (χ2n) is 6.21. The van der Waals surface area contributed by atoms with Crippen LogP contribution in [-0.4, -0.2) is 30.3 Å². The van der Waals surface area contributed by atoms with Crippen LogP contribution in [0.4, 0.5) is 14.5 Å². The van der Waals surface area contributed by atoms with Crippen LogP contribution in [0.3, 0.4) is 0 Å². The van der Waals surface area contributed by atoms with Crippen molar-refractivity contribution in [3.8, 4) is 0 Å². The van der Waals surface area contributed by atoms with E-state index in [2.05, 4.69) is 16.0 Å². The van der Waals surface area contributed by atoms with Gasteiger partial charge in [0.2, 0.25) is 11.8 Å². The number of amides is 2. The van der Waals surface area contributed by atoms with Crippen molar-refractivity contribution in [2.75, 3.05) is 11.9 Å². The van der Waals surface area contributed by atoms with Crippen molar-refractivity contribution in [3.05, 3.63) is 29.8 Å². The van der Waals surface area contributed by atoms with Crippen LogP contribution in [0.25, 0.3) is 0 Å². The van der Waals surface area contributed by atoms with E-state index in [0.29, 0.717) is 5.69 Å². The molecule has 2 unspecified atom stereocenters. The van der Waals surface area contributed by atoms with Gasteiger partial charge in [0.15, 0.2) is 0 Å². The Hall–Kier alpha value is -2.02. The molecule has 0 aliphatic carbocycles. The van der Waals surface area contributed by atoms with E-state index in [0.717, 1.165) is 12.0 Å². The highest BCUT2D eigenvalue weighted by molar-refractivity contribution is 5.92. The zero-order valence-corrected chi connectivity index (χ0v) is 13.9. The van der Waals surface area contributed by atoms with Crippen molar-refractivity contribution >= 4 is 17.5 Å². The Labute approximate surface area is 140 Å². The summed E-state index contributed by atoms with van der Waals surface area (Å²) >= 11 is 0. The third-order valence-corrected chi connectivity index (χ3v) is 4.15. The molecule has 3 N–H and O–H groups in total. The summed E-state index contributed by atoms with van der Waals surface area (Å²) in [5, 5.41) is 7.99. The fourth-order valence-electron chi connectivity index (χ4n) is 2.42. The quantitative estimate of drug-likeness (QED) is 0.745. The highest BCUT2D eigenvalue weighted by Gasteiger charge is 2.42. The minimum atomic E-state index is -2.83. The number of rotatable bonds is 6. The first kappa shape index (κ1) is 18.3. The van der Waals surface area contributed by atoms with Crippen LogP contribution in [0.1, 0.15) is 32.3 Å². The van der Waals surface area contributed by atoms with Crippen molar-refractivity contribution < 1.29 is 18.4 Å². The number of carbonyl (C=O) groups excluding carboxylic acids is 2. The van der Waals surface area contributed by atoms with Crippen LogP contribution in [-0.2, 0) is 16.1 Å². The van der Waals surface area contributed by atoms with Crippen molar-refractivity contribution in [2.45, 2.75) is 45.2 Å². The van der Waals surface area contributed by atoms with Crippen LogP contribution >= 0.6 is 0 Å². The third-order valence-electron chi connectivity index (χ3n) is 4.15. The van der Waals surface area contributed by atoms with Crippen molar-refractivity contribution in [3.63, 3.8) is 0 Å². The van der Waals surface area contributed by atoms with Crippen LogP contribution in [0.5, 0.6) is 0 Å². The van der Waals surface area contributed by atoms with Crippen LogP contribution in [0.15, 0.2) is 24.3 Å². The Morgan fingerprint density at radius 1 is 1.42 bits per heavy atom. The van der Waals surface area contributed by atoms with Crippen molar-refractivity contribution in [1.29, 1.82) is 0 Å². The van der Waals surface area contributed by atoms with Gasteiger partial charge in [0.1, 0.15) is 0 Å². The molecule has 2 atom stereocenters. The first-order chi connectivity index (χ1) is 11.3. The number of halogens is 2. The van der Waals surface area contributed by atoms with Gasteiger partial charge in [-0.1, -0.05) is 26.0 Å². The monoisotopic (exact) mass is 339 g/mol. The Morgan fingerprint density at radius 3 is 2.79 bits per heavy atom. The molecule has 132 valence electrons. The van der Waals surface area contributed by atoms with Gasteiger partial charge in [0, 0.05) is 24.6 Å². The molecule has 1 fully saturated rings. The predicted molar refractivity (Wildman–Crippen MR) is 87.7 cm³/mol. The lowest BCUT2D eigenvalue weighted by atomic mass is 10.1. The van der Waals surface area contributed by atoms with Crippen molar-refractivity contribution in [1.82, 2.24) is 10.6 Å². The zero-order valence-electron chi connectivity index (χ0n) is 13.9. The molecular weight excluding hydrogens is 316 g/mol. The lowest BCUT2D eigenvalue weighted by Crippen LogP contribution is -2.40. The highest BCUT2D eigenvalue weighted by Crippen LogP contribution is 2.25. The lowest BCUT2D eigenvalue weighted by Gasteiger charge is -2.13. The molecule has 2 amide bonds. The normalized spacial score (nSPS) is 20.4. The van der Waals surface area contributed by atoms with Crippen LogP contribution < -0.4 is 16.0 Å². The van der Waals surface area contributed by atoms with E-state index in [-0.39, 0.29) is 18.4 Å². The second kappa shape index (κ2) is 7.70. The van der Waals surface area contributed by atoms with Gasteiger partial charge in [0.25, 0.3) is 5.92 Å². The highest BCUT2D eigenvalue weighted by atomic mass is 19.3. The first-order valence-corrected chi connectivity index (χ1v) is 8.09. The summed E-state index contributed by atoms with van der Waals surface area (Å²) in [6.07, 6.45) is 0.268. The zero-order chi connectivity index (χ0) is 17.7. The van der Waals surface area contributed by atoms with E-state index in [1.807, 2.05) is 13.8 Å². The Morgan fingerprint density at radius 2 is 2.17 bits per heavy atom. The Kier molecular flexibility index (Phi) is 5.88. The summed E-state index contributed by atoms with van der Waals surface area (Å²) in [7, 11) is 0. The smallest absolute Gasteiger partial charge is 0.262 e. The minimum Gasteiger partial charge on any atom is -0.351 e. The predicted octanol–water partition coefficient (Wildman–Crippen LogP) is 2.28. The van der Waals surface area contributed by atoms with E-state index in [1.165, 1.54) is 0 Å². The maximum atomic E-state index is 13.1. The molecule has 2 rings (SSSR count). The van der Waals surface area contributed by atoms with Crippen LogP contribution in [0, 0.1) is 5.92 Å². The molecule has 1 aromatic rings. The summed E-state index contributed by atoms with van der Waals surface area (Å²) in [4.78, 5) is 23.8. The fraction of sp³-hybridized carbons (Fsp3) is 0.529. The third kappa shape index (κ3) is 4.99. The van der Waals surface area contributed by atoms with Gasteiger partial charge in [-0.05, 0) is 24.1 Å². The number of hydrogen-bond acceptors (Lipinski definition) is 3. The fourth-order valence-corrected chi connectivity index (χ4v) is 2.42. The van der Waals surface area contributed by atoms with Gasteiger partial charge < -0.3 is 10.6 Å². The largest absolute Gasteiger partial charge is 0.351 e. The molecule has 0 bridgehead atoms. The molecule has 0 spiro atoms. The van der Waals surface area contributed by atoms with E-state index in [4.69, 9.17) is 0 Å². The summed E-state index contributed by atoms with van der Waals surface area (Å²) in [5.74, 6) is -3.41. The SMILES string of the molecule is CCC(C)C(=O)Nc1cccc(CNC(=O)C2CC(F)(F)CN2)c1. The number of carbonyl (C=O) groups is 2. The molecule has 1 aliphatic rings. The van der Waals surface area contributed by atoms with E-state index >= 15 is 0 Å². The molecule has 1 aromatic carbocycles. The topological polar surface area (TPSA) is 70.2 Å². The van der Waals surface area contributed by atoms with E-state index in [9.17, 15) is 18.4 Å². The molecule has 0 saturated carbocycles. The van der Waals surface area contributed by atoms with E-state index < -0.39 is 30.8 Å². The molecule has 1 saturated heterocycles. The van der Waals surface area contributed by atoms with Crippen LogP contribution in [0.2, 0.25) is 0 Å². The molecular formula is C17H23F2N3O2.